The fourth-order valence-electron chi connectivity index (χ4n) is 0.312. The van der Waals surface area contributed by atoms with Crippen molar-refractivity contribution in [1.82, 2.24) is 0 Å². The van der Waals surface area contributed by atoms with E-state index in [0.29, 0.717) is 5.56 Å². The van der Waals surface area contributed by atoms with Crippen molar-refractivity contribution in [2.75, 3.05) is 0 Å². The smallest absolute Gasteiger partial charge is 0.0622 e. The van der Waals surface area contributed by atoms with Crippen molar-refractivity contribution in [2.24, 2.45) is 0 Å². The maximum Gasteiger partial charge on any atom is 0.0625 e. The van der Waals surface area contributed by atoms with Crippen molar-refractivity contribution in [3.63, 3.8) is 0 Å². The number of hydrogen-bond donors (Lipinski definition) is 0. The zero-order chi connectivity index (χ0) is 9.46. The van der Waals surface area contributed by atoms with Crippen LogP contribution < -0.4 is 0 Å². The van der Waals surface area contributed by atoms with E-state index < -0.39 is 0 Å². The largest absolute Gasteiger partial charge is 0.0625 e. The zero-order valence-corrected chi connectivity index (χ0v) is 4.00. The Morgan fingerprint density at radius 2 is 1.86 bits per heavy atom. The molecule has 0 bridgehead atoms. The molecule has 0 heterocycles. The minimum absolute atomic E-state index is 0.124. The summed E-state index contributed by atoms with van der Waals surface area (Å²) in [5.74, 6) is 0. The molecule has 0 aliphatic heterocycles. The maximum atomic E-state index is 7.31. The Kier molecular flexibility index (Phi) is 0.343. The minimum Gasteiger partial charge on any atom is -0.0622 e. The lowest BCUT2D eigenvalue weighted by Gasteiger charge is -1.82. The molecule has 0 atom stereocenters. The van der Waals surface area contributed by atoms with Crippen LogP contribution in [0.2, 0.25) is 0 Å². The molecule has 1 aromatic carbocycles. The number of hydrogen-bond acceptors (Lipinski definition) is 0. The van der Waals surface area contributed by atoms with Crippen LogP contribution in [-0.2, 0) is 0 Å². The van der Waals surface area contributed by atoms with Crippen LogP contribution in [0.5, 0.6) is 0 Å². The highest BCUT2D eigenvalue weighted by molar-refractivity contribution is 5.11. The van der Waals surface area contributed by atoms with Crippen LogP contribution >= 0.6 is 0 Å². The van der Waals surface area contributed by atoms with E-state index in [-0.39, 0.29) is 30.2 Å². The van der Waals surface area contributed by atoms with Gasteiger partial charge in [0.25, 0.3) is 0 Å². The third-order valence-corrected chi connectivity index (χ3v) is 0.625. The Hall–Kier alpha value is -0.780. The zero-order valence-electron chi connectivity index (χ0n) is 9.00. The second kappa shape index (κ2) is 1.78. The van der Waals surface area contributed by atoms with Crippen molar-refractivity contribution in [3.8, 4) is 0 Å². The normalized spacial score (nSPS) is 18.7. The quantitative estimate of drug-likeness (QED) is 0.470. The van der Waals surface area contributed by atoms with Crippen LogP contribution in [0.1, 0.15) is 12.4 Å². The molecule has 1 rings (SSSR count). The van der Waals surface area contributed by atoms with Gasteiger partial charge in [-0.1, -0.05) is 35.8 Å². The summed E-state index contributed by atoms with van der Waals surface area (Å²) in [6, 6.07) is -1.13. The molecule has 0 radical (unpaired) electrons. The summed E-state index contributed by atoms with van der Waals surface area (Å²) in [7, 11) is 0. The number of rotatable bonds is 0. The molecule has 0 saturated heterocycles. The van der Waals surface area contributed by atoms with Gasteiger partial charge in [-0.2, -0.15) is 0 Å². The Morgan fingerprint density at radius 1 is 1.29 bits per heavy atom. The summed E-state index contributed by atoms with van der Waals surface area (Å²) in [5, 5.41) is 0. The summed E-state index contributed by atoms with van der Waals surface area (Å²) in [4.78, 5) is 0. The van der Waals surface area contributed by atoms with E-state index in [9.17, 15) is 0 Å². The van der Waals surface area contributed by atoms with E-state index in [4.69, 9.17) is 6.85 Å². The van der Waals surface area contributed by atoms with Gasteiger partial charge >= 0.3 is 0 Å². The van der Waals surface area contributed by atoms with E-state index in [1.54, 1.807) is 0 Å². The standard InChI is InChI=1S/C7H8/c1-7-5-3-2-4-6-7/h2-6H,1H3/i2T,3T,4T,5T,6T. The third-order valence-electron chi connectivity index (χ3n) is 0.625. The molecule has 0 spiro atoms. The molecule has 0 heteroatoms. The molecule has 0 aliphatic rings. The van der Waals surface area contributed by atoms with Gasteiger partial charge in [-0.15, -0.1) is 0 Å². The van der Waals surface area contributed by atoms with Crippen LogP contribution in [0.3, 0.4) is 0 Å². The minimum atomic E-state index is -0.337. The van der Waals surface area contributed by atoms with Gasteiger partial charge in [-0.3, -0.25) is 0 Å². The Labute approximate surface area is 50.8 Å². The molecule has 1 aromatic rings. The van der Waals surface area contributed by atoms with Gasteiger partial charge in [0.05, 0.1) is 6.85 Å². The van der Waals surface area contributed by atoms with Gasteiger partial charge in [-0.25, -0.2) is 0 Å². The van der Waals surface area contributed by atoms with E-state index in [0.717, 1.165) is 0 Å². The van der Waals surface area contributed by atoms with E-state index in [1.165, 1.54) is 6.92 Å². The fourth-order valence-corrected chi connectivity index (χ4v) is 0.312. The molecule has 0 nitrogen and oxygen atoms in total. The molecule has 7 heavy (non-hydrogen) atoms. The SMILES string of the molecule is [3H]c1c([3H])c([3H])c(C)c([3H])c1[3H]. The second-order valence-corrected chi connectivity index (χ2v) is 1.25. The lowest BCUT2D eigenvalue weighted by Crippen LogP contribution is -1.62. The first-order valence-electron chi connectivity index (χ1n) is 4.50. The van der Waals surface area contributed by atoms with E-state index in [2.05, 4.69) is 0 Å². The average molecular weight is 102 g/mol. The topological polar surface area (TPSA) is 0 Å². The first-order valence-corrected chi connectivity index (χ1v) is 2.00. The van der Waals surface area contributed by atoms with E-state index in [1.807, 2.05) is 0 Å². The summed E-state index contributed by atoms with van der Waals surface area (Å²) in [6.45, 7) is 1.51. The van der Waals surface area contributed by atoms with Gasteiger partial charge in [0.1, 0.15) is 0 Å². The number of benzene rings is 1. The first-order chi connectivity index (χ1) is 5.46. The van der Waals surface area contributed by atoms with E-state index >= 15 is 0 Å². The summed E-state index contributed by atoms with van der Waals surface area (Å²) in [6.07, 6.45) is 0. The van der Waals surface area contributed by atoms with Crippen molar-refractivity contribution >= 4 is 0 Å². The second-order valence-electron chi connectivity index (χ2n) is 1.25. The van der Waals surface area contributed by atoms with Crippen LogP contribution in [0.25, 0.3) is 0 Å². The molecule has 0 N–H and O–H groups in total. The third kappa shape index (κ3) is 1.04. The molecule has 0 unspecified atom stereocenters. The highest BCUT2D eigenvalue weighted by atomic mass is 13.8. The maximum absolute atomic E-state index is 7.31. The molecule has 0 saturated carbocycles. The van der Waals surface area contributed by atoms with Gasteiger partial charge in [0.2, 0.25) is 0 Å². The van der Waals surface area contributed by atoms with Crippen LogP contribution in [0.15, 0.2) is 30.2 Å². The Balaban J connectivity index is 3.60. The fraction of sp³-hybridized carbons (Fsp3) is 0.143. The van der Waals surface area contributed by atoms with Crippen LogP contribution in [-0.4, -0.2) is 0 Å². The van der Waals surface area contributed by atoms with Gasteiger partial charge in [0, 0.05) is 0 Å². The predicted molar refractivity (Wildman–Crippen MR) is 31.2 cm³/mol. The van der Waals surface area contributed by atoms with Gasteiger partial charge in [-0.05, 0) is 6.92 Å². The predicted octanol–water partition coefficient (Wildman–Crippen LogP) is 2.00. The van der Waals surface area contributed by atoms with Gasteiger partial charge < -0.3 is 0 Å². The summed E-state index contributed by atoms with van der Waals surface area (Å²) >= 11 is 0. The summed E-state index contributed by atoms with van der Waals surface area (Å²) in [5.41, 5.74) is 0.293. The van der Waals surface area contributed by atoms with Crippen molar-refractivity contribution in [3.05, 3.63) is 35.8 Å². The van der Waals surface area contributed by atoms with Gasteiger partial charge in [0.15, 0.2) is 0 Å². The van der Waals surface area contributed by atoms with Crippen LogP contribution in [0, 0.1) is 6.92 Å². The highest BCUT2D eigenvalue weighted by Crippen LogP contribution is 1.92. The summed E-state index contributed by atoms with van der Waals surface area (Å²) < 4.78 is 36.3. The average Bonchev–Trinajstić information content (AvgIpc) is 2.08. The molecule has 0 amide bonds. The molecule has 0 aromatic heterocycles. The molecule has 36 valence electrons. The molecule has 0 fully saturated rings. The Morgan fingerprint density at radius 3 is 2.43 bits per heavy atom. The lowest BCUT2D eigenvalue weighted by atomic mass is 10.2. The van der Waals surface area contributed by atoms with Crippen molar-refractivity contribution in [2.45, 2.75) is 6.92 Å². The Bertz CT molecular complexity index is 226. The van der Waals surface area contributed by atoms with Crippen molar-refractivity contribution < 1.29 is 6.85 Å². The molecular weight excluding hydrogens is 84.1 g/mol. The van der Waals surface area contributed by atoms with Crippen molar-refractivity contribution in [1.29, 1.82) is 0 Å². The first kappa shape index (κ1) is 1.35. The van der Waals surface area contributed by atoms with Crippen LogP contribution in [0.4, 0.5) is 0 Å². The molecular formula is C7H8. The highest BCUT2D eigenvalue weighted by Gasteiger charge is 1.72. The monoisotopic (exact) mass is 102 g/mol. The molecule has 0 aliphatic carbocycles. The lowest BCUT2D eigenvalue weighted by molar-refractivity contribution is 1.48.